The molecule has 33 heavy (non-hydrogen) atoms. The third-order valence-corrected chi connectivity index (χ3v) is 5.00. The standard InChI is InChI=1S/C19H17F5N6O2S/c1-18(8-25,33-17(26)27-2)5-10-3-11(4-12(20)15(10)21)30-16(31)13-6-29-14(7-28-13)32-9-19(22,23)24/h3-4,6-7H,5,9H2,1-2H3,(H2,26,27)(H,30,31)/t18-/m1/s1. The zero-order chi connectivity index (χ0) is 24.8. The first-order valence-corrected chi connectivity index (χ1v) is 9.81. The van der Waals surface area contributed by atoms with Crippen molar-refractivity contribution in [2.75, 3.05) is 19.0 Å². The predicted molar refractivity (Wildman–Crippen MR) is 111 cm³/mol. The maximum atomic E-state index is 14.3. The molecule has 14 heteroatoms. The number of ether oxygens (including phenoxy) is 1. The lowest BCUT2D eigenvalue weighted by molar-refractivity contribution is -0.154. The van der Waals surface area contributed by atoms with Crippen molar-refractivity contribution < 1.29 is 31.5 Å². The van der Waals surface area contributed by atoms with Gasteiger partial charge in [0.2, 0.25) is 5.88 Å². The number of aliphatic imine (C=N–C) groups is 1. The van der Waals surface area contributed by atoms with Crippen LogP contribution in [-0.2, 0) is 6.42 Å². The Labute approximate surface area is 189 Å². The highest BCUT2D eigenvalue weighted by Gasteiger charge is 2.30. The van der Waals surface area contributed by atoms with Crippen molar-refractivity contribution in [1.82, 2.24) is 9.97 Å². The van der Waals surface area contributed by atoms with E-state index >= 15 is 0 Å². The Bertz CT molecular complexity index is 1090. The van der Waals surface area contributed by atoms with E-state index in [1.165, 1.54) is 14.0 Å². The zero-order valence-electron chi connectivity index (χ0n) is 17.2. The SMILES string of the molecule is CN=C(N)S[C@@](C)(C#N)Cc1cc(NC(=O)c2cnc(OCC(F)(F)F)cn2)cc(F)c1F. The van der Waals surface area contributed by atoms with Gasteiger partial charge in [-0.3, -0.25) is 9.79 Å². The molecule has 2 aromatic rings. The van der Waals surface area contributed by atoms with E-state index in [1.54, 1.807) is 0 Å². The van der Waals surface area contributed by atoms with Crippen LogP contribution in [0, 0.1) is 23.0 Å². The molecule has 0 aliphatic carbocycles. The number of alkyl halides is 3. The molecule has 0 aliphatic rings. The Morgan fingerprint density at radius 1 is 1.30 bits per heavy atom. The maximum Gasteiger partial charge on any atom is 0.422 e. The molecule has 3 N–H and O–H groups in total. The zero-order valence-corrected chi connectivity index (χ0v) is 18.0. The molecule has 0 radical (unpaired) electrons. The average molecular weight is 488 g/mol. The van der Waals surface area contributed by atoms with Gasteiger partial charge in [0.25, 0.3) is 5.91 Å². The monoisotopic (exact) mass is 488 g/mol. The molecular formula is C19H17F5N6O2S. The highest BCUT2D eigenvalue weighted by molar-refractivity contribution is 8.15. The second kappa shape index (κ2) is 10.4. The number of thioether (sulfide) groups is 1. The van der Waals surface area contributed by atoms with Gasteiger partial charge in [0, 0.05) is 25.2 Å². The van der Waals surface area contributed by atoms with E-state index in [1.807, 2.05) is 6.07 Å². The van der Waals surface area contributed by atoms with Crippen molar-refractivity contribution in [3.05, 3.63) is 47.4 Å². The van der Waals surface area contributed by atoms with Crippen molar-refractivity contribution in [2.45, 2.75) is 24.3 Å². The third-order valence-electron chi connectivity index (χ3n) is 3.92. The van der Waals surface area contributed by atoms with Crippen molar-refractivity contribution >= 4 is 28.5 Å². The molecule has 0 fully saturated rings. The van der Waals surface area contributed by atoms with E-state index < -0.39 is 41.0 Å². The number of amidine groups is 1. The maximum absolute atomic E-state index is 14.3. The van der Waals surface area contributed by atoms with Crippen LogP contribution in [0.3, 0.4) is 0 Å². The topological polar surface area (TPSA) is 126 Å². The molecule has 0 spiro atoms. The Balaban J connectivity index is 2.19. The van der Waals surface area contributed by atoms with Crippen LogP contribution < -0.4 is 15.8 Å². The molecule has 1 heterocycles. The second-order valence-corrected chi connectivity index (χ2v) is 8.24. The lowest BCUT2D eigenvalue weighted by Gasteiger charge is -2.21. The summed E-state index contributed by atoms with van der Waals surface area (Å²) in [6, 6.07) is 3.84. The number of nitrogens with one attached hydrogen (secondary N) is 1. The fourth-order valence-electron chi connectivity index (χ4n) is 2.44. The number of anilines is 1. The van der Waals surface area contributed by atoms with Gasteiger partial charge in [0.15, 0.2) is 23.4 Å². The number of nitrogens with two attached hydrogens (primary N) is 1. The Morgan fingerprint density at radius 2 is 2.00 bits per heavy atom. The Morgan fingerprint density at radius 3 is 2.55 bits per heavy atom. The number of halogens is 5. The first-order valence-electron chi connectivity index (χ1n) is 8.99. The number of benzene rings is 1. The van der Waals surface area contributed by atoms with Gasteiger partial charge < -0.3 is 15.8 Å². The smallest absolute Gasteiger partial charge is 0.422 e. The molecule has 0 aliphatic heterocycles. The number of nitriles is 1. The summed E-state index contributed by atoms with van der Waals surface area (Å²) in [5.74, 6) is -3.82. The van der Waals surface area contributed by atoms with Gasteiger partial charge >= 0.3 is 6.18 Å². The van der Waals surface area contributed by atoms with Crippen molar-refractivity contribution in [3.8, 4) is 11.9 Å². The van der Waals surface area contributed by atoms with Gasteiger partial charge in [0.05, 0.1) is 18.5 Å². The van der Waals surface area contributed by atoms with Crippen LogP contribution in [0.1, 0.15) is 23.0 Å². The van der Waals surface area contributed by atoms with Crippen LogP contribution in [0.15, 0.2) is 29.5 Å². The largest absolute Gasteiger partial charge is 0.467 e. The highest BCUT2D eigenvalue weighted by Crippen LogP contribution is 2.31. The summed E-state index contributed by atoms with van der Waals surface area (Å²) in [6.45, 7) is -0.114. The molecule has 0 saturated carbocycles. The number of nitrogens with zero attached hydrogens (tertiary/aromatic N) is 4. The normalized spacial score (nSPS) is 13.7. The third kappa shape index (κ3) is 7.56. The first-order chi connectivity index (χ1) is 15.4. The number of carbonyl (C=O) groups is 1. The number of hydrogen-bond donors (Lipinski definition) is 2. The summed E-state index contributed by atoms with van der Waals surface area (Å²) in [5, 5.41) is 11.8. The average Bonchev–Trinajstić information content (AvgIpc) is 2.75. The van der Waals surface area contributed by atoms with Gasteiger partial charge in [-0.15, -0.1) is 0 Å². The van der Waals surface area contributed by atoms with Gasteiger partial charge in [-0.05, 0) is 18.6 Å². The number of amides is 1. The lowest BCUT2D eigenvalue weighted by atomic mass is 10.00. The van der Waals surface area contributed by atoms with E-state index in [2.05, 4.69) is 25.0 Å². The number of rotatable bonds is 7. The second-order valence-electron chi connectivity index (χ2n) is 6.71. The molecule has 1 aromatic carbocycles. The van der Waals surface area contributed by atoms with Gasteiger partial charge in [-0.2, -0.15) is 18.4 Å². The lowest BCUT2D eigenvalue weighted by Crippen LogP contribution is -2.27. The van der Waals surface area contributed by atoms with Crippen LogP contribution in [0.5, 0.6) is 5.88 Å². The first kappa shape index (κ1) is 25.8. The van der Waals surface area contributed by atoms with Gasteiger partial charge in [-0.1, -0.05) is 11.8 Å². The van der Waals surface area contributed by atoms with Crippen molar-refractivity contribution in [3.63, 3.8) is 0 Å². The number of carbonyl (C=O) groups excluding carboxylic acids is 1. The molecule has 0 bridgehead atoms. The quantitative estimate of drug-likeness (QED) is 0.347. The molecule has 0 unspecified atom stereocenters. The molecule has 0 saturated heterocycles. The van der Waals surface area contributed by atoms with E-state index in [9.17, 15) is 32.0 Å². The van der Waals surface area contributed by atoms with E-state index in [0.29, 0.717) is 0 Å². The van der Waals surface area contributed by atoms with Crippen LogP contribution in [0.25, 0.3) is 0 Å². The summed E-state index contributed by atoms with van der Waals surface area (Å²) in [4.78, 5) is 23.3. The predicted octanol–water partition coefficient (Wildman–Crippen LogP) is 3.45. The van der Waals surface area contributed by atoms with E-state index in [0.717, 1.165) is 36.3 Å². The molecule has 1 aromatic heterocycles. The van der Waals surface area contributed by atoms with Crippen molar-refractivity contribution in [2.24, 2.45) is 10.7 Å². The fraction of sp³-hybridized carbons (Fsp3) is 0.316. The summed E-state index contributed by atoms with van der Waals surface area (Å²) in [5.41, 5.74) is 4.97. The molecule has 8 nitrogen and oxygen atoms in total. The fourth-order valence-corrected chi connectivity index (χ4v) is 3.27. The van der Waals surface area contributed by atoms with Crippen molar-refractivity contribution in [1.29, 1.82) is 5.26 Å². The van der Waals surface area contributed by atoms with Crippen LogP contribution in [0.2, 0.25) is 0 Å². The number of aromatic nitrogens is 2. The summed E-state index contributed by atoms with van der Waals surface area (Å²) in [7, 11) is 1.41. The van der Waals surface area contributed by atoms with Gasteiger partial charge in [0.1, 0.15) is 10.4 Å². The number of hydrogen-bond acceptors (Lipinski definition) is 7. The summed E-state index contributed by atoms with van der Waals surface area (Å²) >= 11 is 0.869. The van der Waals surface area contributed by atoms with Crippen LogP contribution in [-0.4, -0.2) is 45.6 Å². The van der Waals surface area contributed by atoms with Crippen LogP contribution >= 0.6 is 11.8 Å². The minimum atomic E-state index is -4.57. The molecule has 176 valence electrons. The molecule has 1 amide bonds. The Kier molecular flexibility index (Phi) is 8.15. The minimum Gasteiger partial charge on any atom is -0.467 e. The summed E-state index contributed by atoms with van der Waals surface area (Å²) < 4.78 is 68.1. The molecule has 2 rings (SSSR count). The van der Waals surface area contributed by atoms with E-state index in [4.69, 9.17) is 5.73 Å². The molecular weight excluding hydrogens is 471 g/mol. The Hall–Kier alpha value is -3.47. The molecule has 1 atom stereocenters. The van der Waals surface area contributed by atoms with Gasteiger partial charge in [-0.25, -0.2) is 18.7 Å². The highest BCUT2D eigenvalue weighted by atomic mass is 32.2. The minimum absolute atomic E-state index is 0.0746. The summed E-state index contributed by atoms with van der Waals surface area (Å²) in [6.07, 6.45) is -3.16. The van der Waals surface area contributed by atoms with Crippen LogP contribution in [0.4, 0.5) is 27.6 Å². The van der Waals surface area contributed by atoms with E-state index in [-0.39, 0.29) is 28.5 Å².